The van der Waals surface area contributed by atoms with Crippen molar-refractivity contribution in [2.24, 2.45) is 5.41 Å². The number of fused-ring (bicyclic) bond motifs is 5. The zero-order valence-electron chi connectivity index (χ0n) is 20.3. The number of rotatable bonds is 3. The van der Waals surface area contributed by atoms with E-state index in [2.05, 4.69) is 15.9 Å². The Bertz CT molecular complexity index is 1630. The first kappa shape index (κ1) is 23.1. The average molecular weight is 560 g/mol. The zero-order valence-corrected chi connectivity index (χ0v) is 21.8. The molecule has 1 fully saturated rings. The lowest BCUT2D eigenvalue weighted by atomic mass is 9.64. The van der Waals surface area contributed by atoms with Crippen molar-refractivity contribution in [2.75, 3.05) is 4.90 Å². The Kier molecular flexibility index (Phi) is 5.14. The van der Waals surface area contributed by atoms with Crippen LogP contribution in [0.2, 0.25) is 0 Å². The van der Waals surface area contributed by atoms with Crippen molar-refractivity contribution in [3.05, 3.63) is 141 Å². The maximum absolute atomic E-state index is 14.5. The molecule has 4 aromatic rings. The number of carbonyl (C=O) groups is 3. The third-order valence-electron chi connectivity index (χ3n) is 8.25. The van der Waals surface area contributed by atoms with Crippen LogP contribution in [0.1, 0.15) is 48.1 Å². The van der Waals surface area contributed by atoms with E-state index in [4.69, 9.17) is 0 Å². The minimum absolute atomic E-state index is 0.109. The van der Waals surface area contributed by atoms with Gasteiger partial charge < -0.3 is 4.90 Å². The monoisotopic (exact) mass is 559 g/mol. The Balaban J connectivity index is 1.55. The summed E-state index contributed by atoms with van der Waals surface area (Å²) < 4.78 is 0.916. The SMILES string of the molecule is O=C(c1ccccc1)[C@@H]1[C@@H](c2ccccc2)C2(C(=O)c3ccccc3C2=O)[C@@H]2C=Cc3cc(Br)ccc3N12. The zero-order chi connectivity index (χ0) is 26.0. The van der Waals surface area contributed by atoms with Gasteiger partial charge in [0.15, 0.2) is 17.3 Å². The second kappa shape index (κ2) is 8.47. The van der Waals surface area contributed by atoms with E-state index in [-0.39, 0.29) is 17.3 Å². The van der Waals surface area contributed by atoms with Crippen LogP contribution in [0.5, 0.6) is 0 Å². The van der Waals surface area contributed by atoms with Gasteiger partial charge in [-0.05, 0) is 29.3 Å². The van der Waals surface area contributed by atoms with E-state index in [1.807, 2.05) is 83.8 Å². The molecule has 3 atom stereocenters. The van der Waals surface area contributed by atoms with Gasteiger partial charge in [0.25, 0.3) is 0 Å². The van der Waals surface area contributed by atoms with E-state index in [0.29, 0.717) is 16.7 Å². The molecular formula is C33H22BrNO3. The molecule has 7 rings (SSSR count). The lowest BCUT2D eigenvalue weighted by Crippen LogP contribution is -2.48. The van der Waals surface area contributed by atoms with Crippen LogP contribution < -0.4 is 4.90 Å². The summed E-state index contributed by atoms with van der Waals surface area (Å²) in [5.74, 6) is -1.22. The largest absolute Gasteiger partial charge is 0.352 e. The molecule has 0 saturated carbocycles. The molecule has 38 heavy (non-hydrogen) atoms. The summed E-state index contributed by atoms with van der Waals surface area (Å²) >= 11 is 3.56. The van der Waals surface area contributed by atoms with Crippen LogP contribution in [0, 0.1) is 5.41 Å². The Morgan fingerprint density at radius 2 is 1.37 bits per heavy atom. The van der Waals surface area contributed by atoms with Crippen LogP contribution in [-0.4, -0.2) is 29.4 Å². The minimum atomic E-state index is -1.47. The first-order valence-corrected chi connectivity index (χ1v) is 13.4. The molecular weight excluding hydrogens is 538 g/mol. The van der Waals surface area contributed by atoms with Crippen molar-refractivity contribution in [2.45, 2.75) is 18.0 Å². The minimum Gasteiger partial charge on any atom is -0.352 e. The summed E-state index contributed by atoms with van der Waals surface area (Å²) in [6.07, 6.45) is 3.93. The maximum Gasteiger partial charge on any atom is 0.185 e. The van der Waals surface area contributed by atoms with Crippen LogP contribution >= 0.6 is 15.9 Å². The van der Waals surface area contributed by atoms with Crippen LogP contribution in [-0.2, 0) is 0 Å². The molecule has 2 heterocycles. The Morgan fingerprint density at radius 3 is 2.03 bits per heavy atom. The number of hydrogen-bond acceptors (Lipinski definition) is 4. The third kappa shape index (κ3) is 2.99. The molecule has 0 unspecified atom stereocenters. The third-order valence-corrected chi connectivity index (χ3v) is 8.74. The maximum atomic E-state index is 14.5. The molecule has 1 saturated heterocycles. The summed E-state index contributed by atoms with van der Waals surface area (Å²) in [5.41, 5.74) is 2.52. The Labute approximate surface area is 228 Å². The lowest BCUT2D eigenvalue weighted by Gasteiger charge is -2.37. The summed E-state index contributed by atoms with van der Waals surface area (Å²) in [6.45, 7) is 0. The van der Waals surface area contributed by atoms with Gasteiger partial charge in [-0.1, -0.05) is 113 Å². The number of benzene rings is 4. The van der Waals surface area contributed by atoms with E-state index in [0.717, 1.165) is 21.3 Å². The molecule has 0 N–H and O–H groups in total. The predicted molar refractivity (Wildman–Crippen MR) is 151 cm³/mol. The fourth-order valence-corrected chi connectivity index (χ4v) is 7.13. The predicted octanol–water partition coefficient (Wildman–Crippen LogP) is 6.77. The number of carbonyl (C=O) groups excluding carboxylic acids is 3. The molecule has 0 bridgehead atoms. The van der Waals surface area contributed by atoms with Crippen molar-refractivity contribution in [3.63, 3.8) is 0 Å². The number of Topliss-reactive ketones (excluding diaryl/α,β-unsaturated/α-hetero) is 3. The second-order valence-corrected chi connectivity index (χ2v) is 11.0. The van der Waals surface area contributed by atoms with Crippen molar-refractivity contribution in [1.29, 1.82) is 0 Å². The summed E-state index contributed by atoms with van der Waals surface area (Å²) in [5, 5.41) is 0. The van der Waals surface area contributed by atoms with E-state index >= 15 is 0 Å². The second-order valence-electron chi connectivity index (χ2n) is 10.1. The highest BCUT2D eigenvalue weighted by Crippen LogP contribution is 2.61. The van der Waals surface area contributed by atoms with Crippen molar-refractivity contribution < 1.29 is 14.4 Å². The number of ketones is 3. The topological polar surface area (TPSA) is 54.5 Å². The fraction of sp³-hybridized carbons (Fsp3) is 0.121. The van der Waals surface area contributed by atoms with E-state index in [1.54, 1.807) is 36.4 Å². The fourth-order valence-electron chi connectivity index (χ4n) is 6.75. The first-order chi connectivity index (χ1) is 18.5. The van der Waals surface area contributed by atoms with Gasteiger partial charge in [-0.3, -0.25) is 14.4 Å². The molecule has 0 amide bonds. The van der Waals surface area contributed by atoms with Gasteiger partial charge in [0.2, 0.25) is 0 Å². The van der Waals surface area contributed by atoms with Gasteiger partial charge in [0.1, 0.15) is 11.5 Å². The molecule has 4 aromatic carbocycles. The Morgan fingerprint density at radius 1 is 0.763 bits per heavy atom. The van der Waals surface area contributed by atoms with Crippen LogP contribution in [0.4, 0.5) is 5.69 Å². The molecule has 1 aliphatic carbocycles. The number of anilines is 1. The van der Waals surface area contributed by atoms with Gasteiger partial charge >= 0.3 is 0 Å². The van der Waals surface area contributed by atoms with Gasteiger partial charge in [0.05, 0.1) is 6.04 Å². The van der Waals surface area contributed by atoms with E-state index < -0.39 is 23.4 Å². The quantitative estimate of drug-likeness (QED) is 0.205. The number of nitrogens with zero attached hydrogens (tertiary/aromatic N) is 1. The molecule has 0 aromatic heterocycles. The van der Waals surface area contributed by atoms with Crippen LogP contribution in [0.25, 0.3) is 6.08 Å². The molecule has 2 aliphatic heterocycles. The Hall–Kier alpha value is -4.09. The van der Waals surface area contributed by atoms with Crippen molar-refractivity contribution in [1.82, 2.24) is 0 Å². The normalized spacial score (nSPS) is 22.3. The van der Waals surface area contributed by atoms with E-state index in [9.17, 15) is 14.4 Å². The van der Waals surface area contributed by atoms with E-state index in [1.165, 1.54) is 0 Å². The highest BCUT2D eigenvalue weighted by molar-refractivity contribution is 9.10. The van der Waals surface area contributed by atoms with Gasteiger partial charge in [0, 0.05) is 32.8 Å². The van der Waals surface area contributed by atoms with Crippen molar-refractivity contribution >= 4 is 45.0 Å². The average Bonchev–Trinajstić information content (AvgIpc) is 3.39. The number of halogens is 1. The number of hydrogen-bond donors (Lipinski definition) is 0. The molecule has 184 valence electrons. The van der Waals surface area contributed by atoms with Gasteiger partial charge in [-0.2, -0.15) is 0 Å². The standard InChI is InChI=1S/C33H22BrNO3/c34-23-16-17-26-22(19-23)15-18-27-33(31(37)24-13-7-8-14-25(24)32(33)38)28(20-9-3-1-4-10-20)29(35(26)27)30(36)21-11-5-2-6-12-21/h1-19,27-29H/t27-,28+,29-/m0/s1. The summed E-state index contributed by atoms with van der Waals surface area (Å²) in [6, 6.07) is 30.4. The molecule has 4 nitrogen and oxygen atoms in total. The van der Waals surface area contributed by atoms with Crippen molar-refractivity contribution in [3.8, 4) is 0 Å². The molecule has 5 heteroatoms. The van der Waals surface area contributed by atoms with Gasteiger partial charge in [-0.15, -0.1) is 0 Å². The molecule has 0 radical (unpaired) electrons. The highest BCUT2D eigenvalue weighted by Gasteiger charge is 2.71. The molecule has 3 aliphatic rings. The molecule has 1 spiro atoms. The smallest absolute Gasteiger partial charge is 0.185 e. The highest BCUT2D eigenvalue weighted by atomic mass is 79.9. The first-order valence-electron chi connectivity index (χ1n) is 12.6. The summed E-state index contributed by atoms with van der Waals surface area (Å²) in [7, 11) is 0. The van der Waals surface area contributed by atoms with Crippen LogP contribution in [0.15, 0.2) is 114 Å². The lowest BCUT2D eigenvalue weighted by molar-refractivity contribution is 0.0666. The summed E-state index contributed by atoms with van der Waals surface area (Å²) in [4.78, 5) is 45.6. The van der Waals surface area contributed by atoms with Gasteiger partial charge in [-0.25, -0.2) is 0 Å². The van der Waals surface area contributed by atoms with Crippen LogP contribution in [0.3, 0.4) is 0 Å².